The molecule has 0 unspecified atom stereocenters. The van der Waals surface area contributed by atoms with Crippen molar-refractivity contribution in [1.29, 1.82) is 0 Å². The van der Waals surface area contributed by atoms with Crippen molar-refractivity contribution in [2.75, 3.05) is 0 Å². The molecule has 106 valence electrons. The van der Waals surface area contributed by atoms with Crippen LogP contribution in [0.15, 0.2) is 54.6 Å². The van der Waals surface area contributed by atoms with Gasteiger partial charge in [0.2, 0.25) is 0 Å². The summed E-state index contributed by atoms with van der Waals surface area (Å²) in [7, 11) is 0. The zero-order valence-electron chi connectivity index (χ0n) is 11.4. The number of hydrogen-bond donors (Lipinski definition) is 1. The van der Waals surface area contributed by atoms with Crippen LogP contribution in [0.1, 0.15) is 24.8 Å². The highest BCUT2D eigenvalue weighted by Gasteiger charge is 2.14. The number of carbonyl (C=O) groups is 1. The molecule has 3 nitrogen and oxygen atoms in total. The quantitative estimate of drug-likeness (QED) is 0.640. The van der Waals surface area contributed by atoms with Crippen LogP contribution in [0, 0.1) is 0 Å². The molecule has 1 heterocycles. The van der Waals surface area contributed by atoms with E-state index in [1.54, 1.807) is 6.08 Å². The van der Waals surface area contributed by atoms with Crippen molar-refractivity contribution in [3.05, 3.63) is 60.2 Å². The van der Waals surface area contributed by atoms with Crippen molar-refractivity contribution in [2.24, 2.45) is 0 Å². The molecule has 0 bridgehead atoms. The minimum atomic E-state index is -0.454. The Kier molecular flexibility index (Phi) is 5.56. The molecule has 0 radical (unpaired) electrons. The van der Waals surface area contributed by atoms with E-state index in [0.717, 1.165) is 12.8 Å². The summed E-state index contributed by atoms with van der Waals surface area (Å²) in [5, 5.41) is 9.88. The Morgan fingerprint density at radius 2 is 2.15 bits per heavy atom. The predicted octanol–water partition coefficient (Wildman–Crippen LogP) is 2.80. The number of ether oxygens (including phenoxy) is 1. The number of aliphatic hydroxyl groups excluding tert-OH is 1. The van der Waals surface area contributed by atoms with Crippen LogP contribution in [0.2, 0.25) is 0 Å². The molecule has 1 N–H and O–H groups in total. The molecule has 20 heavy (non-hydrogen) atoms. The fourth-order valence-electron chi connectivity index (χ4n) is 2.15. The number of carbonyl (C=O) groups excluding carboxylic acids is 1. The molecular weight excluding hydrogens is 252 g/mol. The SMILES string of the molecule is O=C1C=CC[C@@H](C/C=C/[C@@H](O)CCc2ccccc2)O1. The Bertz CT molecular complexity index is 476. The Labute approximate surface area is 119 Å². The summed E-state index contributed by atoms with van der Waals surface area (Å²) in [6, 6.07) is 10.1. The van der Waals surface area contributed by atoms with Gasteiger partial charge in [-0.25, -0.2) is 4.79 Å². The van der Waals surface area contributed by atoms with E-state index in [1.807, 2.05) is 30.4 Å². The molecule has 0 aliphatic carbocycles. The van der Waals surface area contributed by atoms with Gasteiger partial charge in [0.15, 0.2) is 0 Å². The third kappa shape index (κ3) is 5.02. The molecule has 0 spiro atoms. The molecule has 0 aromatic heterocycles. The number of cyclic esters (lactones) is 1. The fourth-order valence-corrected chi connectivity index (χ4v) is 2.15. The molecule has 1 aromatic carbocycles. The normalized spacial score (nSPS) is 20.1. The van der Waals surface area contributed by atoms with E-state index in [0.29, 0.717) is 12.8 Å². The topological polar surface area (TPSA) is 46.5 Å². The smallest absolute Gasteiger partial charge is 0.330 e. The van der Waals surface area contributed by atoms with E-state index in [2.05, 4.69) is 12.1 Å². The Morgan fingerprint density at radius 3 is 2.90 bits per heavy atom. The lowest BCUT2D eigenvalue weighted by molar-refractivity contribution is -0.143. The molecule has 2 rings (SSSR count). The Balaban J connectivity index is 1.69. The van der Waals surface area contributed by atoms with Crippen molar-refractivity contribution >= 4 is 5.97 Å². The van der Waals surface area contributed by atoms with Crippen LogP contribution >= 0.6 is 0 Å². The van der Waals surface area contributed by atoms with Crippen molar-refractivity contribution in [2.45, 2.75) is 37.9 Å². The van der Waals surface area contributed by atoms with Crippen molar-refractivity contribution in [3.8, 4) is 0 Å². The summed E-state index contributed by atoms with van der Waals surface area (Å²) in [4.78, 5) is 11.0. The van der Waals surface area contributed by atoms with Gasteiger partial charge in [-0.3, -0.25) is 0 Å². The number of benzene rings is 1. The van der Waals surface area contributed by atoms with Crippen LogP contribution in [-0.4, -0.2) is 23.3 Å². The molecule has 1 aromatic rings. The second-order valence-corrected chi connectivity index (χ2v) is 4.95. The van der Waals surface area contributed by atoms with E-state index in [9.17, 15) is 9.90 Å². The Morgan fingerprint density at radius 1 is 1.35 bits per heavy atom. The molecule has 0 amide bonds. The molecule has 2 atom stereocenters. The van der Waals surface area contributed by atoms with E-state index in [4.69, 9.17) is 4.74 Å². The summed E-state index contributed by atoms with van der Waals surface area (Å²) >= 11 is 0. The lowest BCUT2D eigenvalue weighted by atomic mass is 10.1. The zero-order chi connectivity index (χ0) is 14.2. The van der Waals surface area contributed by atoms with E-state index < -0.39 is 6.10 Å². The van der Waals surface area contributed by atoms with Gasteiger partial charge in [-0.2, -0.15) is 0 Å². The lowest BCUT2D eigenvalue weighted by Crippen LogP contribution is -2.19. The minimum absolute atomic E-state index is 0.0925. The molecule has 1 aliphatic heterocycles. The van der Waals surface area contributed by atoms with Gasteiger partial charge in [0, 0.05) is 18.9 Å². The number of rotatable bonds is 6. The van der Waals surface area contributed by atoms with Crippen LogP contribution in [0.4, 0.5) is 0 Å². The lowest BCUT2D eigenvalue weighted by Gasteiger charge is -2.16. The highest BCUT2D eigenvalue weighted by atomic mass is 16.5. The predicted molar refractivity (Wildman–Crippen MR) is 78.2 cm³/mol. The molecular formula is C17H20O3. The van der Waals surface area contributed by atoms with E-state index in [1.165, 1.54) is 11.6 Å². The average Bonchev–Trinajstić information content (AvgIpc) is 2.46. The van der Waals surface area contributed by atoms with Gasteiger partial charge in [0.05, 0.1) is 6.10 Å². The van der Waals surface area contributed by atoms with Gasteiger partial charge in [0.1, 0.15) is 6.10 Å². The number of aryl methyl sites for hydroxylation is 1. The first kappa shape index (κ1) is 14.5. The minimum Gasteiger partial charge on any atom is -0.459 e. The van der Waals surface area contributed by atoms with Gasteiger partial charge in [-0.05, 0) is 18.4 Å². The van der Waals surface area contributed by atoms with Crippen molar-refractivity contribution in [3.63, 3.8) is 0 Å². The van der Waals surface area contributed by atoms with Gasteiger partial charge in [0.25, 0.3) is 0 Å². The molecule has 0 fully saturated rings. The molecule has 0 saturated heterocycles. The maximum absolute atomic E-state index is 11.0. The van der Waals surface area contributed by atoms with Crippen LogP contribution < -0.4 is 0 Å². The largest absolute Gasteiger partial charge is 0.459 e. The maximum atomic E-state index is 11.0. The zero-order valence-corrected chi connectivity index (χ0v) is 11.4. The Hall–Kier alpha value is -1.87. The summed E-state index contributed by atoms with van der Waals surface area (Å²) in [6.45, 7) is 0. The number of aliphatic hydroxyl groups is 1. The second kappa shape index (κ2) is 7.65. The highest BCUT2D eigenvalue weighted by molar-refractivity contribution is 5.82. The van der Waals surface area contributed by atoms with Gasteiger partial charge in [-0.1, -0.05) is 48.6 Å². The fraction of sp³-hybridized carbons (Fsp3) is 0.353. The highest BCUT2D eigenvalue weighted by Crippen LogP contribution is 2.12. The standard InChI is InChI=1S/C17H20O3/c18-15(13-12-14-6-2-1-3-7-14)8-4-9-16-10-5-11-17(19)20-16/h1-8,11,15-16,18H,9-10,12-13H2/b8-4+/t15-,16-/m1/s1. The van der Waals surface area contributed by atoms with E-state index in [-0.39, 0.29) is 12.1 Å². The number of hydrogen-bond acceptors (Lipinski definition) is 3. The summed E-state index contributed by atoms with van der Waals surface area (Å²) in [5.41, 5.74) is 1.23. The maximum Gasteiger partial charge on any atom is 0.330 e. The van der Waals surface area contributed by atoms with Gasteiger partial charge < -0.3 is 9.84 Å². The van der Waals surface area contributed by atoms with E-state index >= 15 is 0 Å². The van der Waals surface area contributed by atoms with Crippen LogP contribution in [-0.2, 0) is 16.0 Å². The summed E-state index contributed by atoms with van der Waals surface area (Å²) in [5.74, 6) is -0.278. The molecule has 0 saturated carbocycles. The summed E-state index contributed by atoms with van der Waals surface area (Å²) < 4.78 is 5.14. The van der Waals surface area contributed by atoms with Crippen molar-refractivity contribution in [1.82, 2.24) is 0 Å². The third-order valence-corrected chi connectivity index (χ3v) is 3.26. The van der Waals surface area contributed by atoms with Crippen LogP contribution in [0.5, 0.6) is 0 Å². The first-order valence-corrected chi connectivity index (χ1v) is 7.00. The average molecular weight is 272 g/mol. The number of esters is 1. The third-order valence-electron chi connectivity index (χ3n) is 3.26. The first-order valence-electron chi connectivity index (χ1n) is 7.00. The first-order chi connectivity index (χ1) is 9.74. The summed E-state index contributed by atoms with van der Waals surface area (Å²) in [6.07, 6.45) is 9.37. The van der Waals surface area contributed by atoms with Crippen LogP contribution in [0.25, 0.3) is 0 Å². The van der Waals surface area contributed by atoms with Crippen molar-refractivity contribution < 1.29 is 14.6 Å². The second-order valence-electron chi connectivity index (χ2n) is 4.95. The molecule has 3 heteroatoms. The van der Waals surface area contributed by atoms with Gasteiger partial charge >= 0.3 is 5.97 Å². The monoisotopic (exact) mass is 272 g/mol. The van der Waals surface area contributed by atoms with Crippen LogP contribution in [0.3, 0.4) is 0 Å². The molecule has 1 aliphatic rings. The van der Waals surface area contributed by atoms with Gasteiger partial charge in [-0.15, -0.1) is 0 Å².